The van der Waals surface area contributed by atoms with Crippen molar-refractivity contribution in [1.29, 1.82) is 0 Å². The molecule has 0 amide bonds. The Morgan fingerprint density at radius 1 is 1.16 bits per heavy atom. The first-order valence-corrected chi connectivity index (χ1v) is 6.35. The highest BCUT2D eigenvalue weighted by molar-refractivity contribution is 5.39. The number of aromatic hydroxyl groups is 1. The second-order valence-electron chi connectivity index (χ2n) is 4.51. The van der Waals surface area contributed by atoms with Crippen LogP contribution in [0.2, 0.25) is 0 Å². The molecule has 0 saturated heterocycles. The Balaban J connectivity index is 1.99. The third-order valence-corrected chi connectivity index (χ3v) is 3.19. The van der Waals surface area contributed by atoms with Crippen molar-refractivity contribution in [1.82, 2.24) is 5.32 Å². The summed E-state index contributed by atoms with van der Waals surface area (Å²) in [6.07, 6.45) is 0. The van der Waals surface area contributed by atoms with E-state index in [0.29, 0.717) is 12.3 Å². The molecule has 0 heterocycles. The number of hydrogen-bond donors (Lipinski definition) is 2. The molecule has 19 heavy (non-hydrogen) atoms. The van der Waals surface area contributed by atoms with Gasteiger partial charge >= 0.3 is 0 Å². The lowest BCUT2D eigenvalue weighted by Gasteiger charge is -2.15. The molecule has 2 aromatic rings. The summed E-state index contributed by atoms with van der Waals surface area (Å²) in [6, 6.07) is 15.8. The summed E-state index contributed by atoms with van der Waals surface area (Å²) in [6.45, 7) is 2.72. The number of methoxy groups -OCH3 is 1. The van der Waals surface area contributed by atoms with Gasteiger partial charge in [-0.15, -0.1) is 0 Å². The van der Waals surface area contributed by atoms with Gasteiger partial charge in [0.25, 0.3) is 0 Å². The maximum absolute atomic E-state index is 9.89. The maximum atomic E-state index is 9.89. The largest absolute Gasteiger partial charge is 0.507 e. The molecule has 0 bridgehead atoms. The van der Waals surface area contributed by atoms with Gasteiger partial charge in [0.2, 0.25) is 0 Å². The predicted molar refractivity (Wildman–Crippen MR) is 76.4 cm³/mol. The fourth-order valence-corrected chi connectivity index (χ4v) is 1.94. The van der Waals surface area contributed by atoms with Crippen molar-refractivity contribution < 1.29 is 9.84 Å². The molecule has 2 aromatic carbocycles. The molecule has 3 heteroatoms. The minimum absolute atomic E-state index is 0.239. The van der Waals surface area contributed by atoms with Crippen molar-refractivity contribution in [3.8, 4) is 11.5 Å². The maximum Gasteiger partial charge on any atom is 0.123 e. The van der Waals surface area contributed by atoms with Crippen molar-refractivity contribution in [3.63, 3.8) is 0 Å². The summed E-state index contributed by atoms with van der Waals surface area (Å²) in [5.74, 6) is 0.921. The first-order chi connectivity index (χ1) is 9.20. The van der Waals surface area contributed by atoms with Gasteiger partial charge in [0.05, 0.1) is 7.11 Å². The van der Waals surface area contributed by atoms with Crippen molar-refractivity contribution in [2.24, 2.45) is 0 Å². The first-order valence-electron chi connectivity index (χ1n) is 6.35. The second kappa shape index (κ2) is 6.25. The van der Waals surface area contributed by atoms with Crippen LogP contribution < -0.4 is 10.1 Å². The molecule has 0 aliphatic rings. The van der Waals surface area contributed by atoms with Crippen LogP contribution in [0.3, 0.4) is 0 Å². The average Bonchev–Trinajstić information content (AvgIpc) is 2.46. The van der Waals surface area contributed by atoms with Crippen LogP contribution in [0.1, 0.15) is 24.1 Å². The number of phenols is 1. The van der Waals surface area contributed by atoms with E-state index in [4.69, 9.17) is 4.74 Å². The molecular formula is C16H19NO2. The molecule has 0 spiro atoms. The Labute approximate surface area is 113 Å². The standard InChI is InChI=1S/C16H19NO2/c1-12(13-6-4-3-5-7-13)17-11-14-8-9-15(19-2)10-16(14)18/h3-10,12,17-18H,11H2,1-2H3/t12-/m0/s1. The molecule has 0 aliphatic carbocycles. The lowest BCUT2D eigenvalue weighted by Crippen LogP contribution is -2.18. The minimum Gasteiger partial charge on any atom is -0.507 e. The van der Waals surface area contributed by atoms with Crippen LogP contribution in [0.5, 0.6) is 11.5 Å². The lowest BCUT2D eigenvalue weighted by molar-refractivity contribution is 0.405. The summed E-state index contributed by atoms with van der Waals surface area (Å²) in [4.78, 5) is 0. The molecule has 1 atom stereocenters. The Bertz CT molecular complexity index is 526. The number of nitrogens with one attached hydrogen (secondary N) is 1. The van der Waals surface area contributed by atoms with Crippen LogP contribution in [0.15, 0.2) is 48.5 Å². The van der Waals surface area contributed by atoms with E-state index in [2.05, 4.69) is 24.4 Å². The smallest absolute Gasteiger partial charge is 0.123 e. The average molecular weight is 257 g/mol. The number of hydrogen-bond acceptors (Lipinski definition) is 3. The lowest BCUT2D eigenvalue weighted by atomic mass is 10.1. The van der Waals surface area contributed by atoms with Crippen molar-refractivity contribution in [2.75, 3.05) is 7.11 Å². The molecule has 0 unspecified atom stereocenters. The minimum atomic E-state index is 0.239. The molecule has 0 aliphatic heterocycles. The molecule has 0 aromatic heterocycles. The van der Waals surface area contributed by atoms with E-state index < -0.39 is 0 Å². The Morgan fingerprint density at radius 3 is 2.53 bits per heavy atom. The molecule has 3 nitrogen and oxygen atoms in total. The summed E-state index contributed by atoms with van der Waals surface area (Å²) in [7, 11) is 1.59. The topological polar surface area (TPSA) is 41.5 Å². The summed E-state index contributed by atoms with van der Waals surface area (Å²) in [5, 5.41) is 13.3. The fraction of sp³-hybridized carbons (Fsp3) is 0.250. The number of benzene rings is 2. The zero-order valence-corrected chi connectivity index (χ0v) is 11.3. The molecule has 100 valence electrons. The van der Waals surface area contributed by atoms with Gasteiger partial charge in [-0.05, 0) is 18.6 Å². The Hall–Kier alpha value is -2.00. The SMILES string of the molecule is COc1ccc(CN[C@@H](C)c2ccccc2)c(O)c1. The zero-order chi connectivity index (χ0) is 13.7. The quantitative estimate of drug-likeness (QED) is 0.864. The second-order valence-corrected chi connectivity index (χ2v) is 4.51. The van der Waals surface area contributed by atoms with Crippen LogP contribution in [-0.4, -0.2) is 12.2 Å². The van der Waals surface area contributed by atoms with Crippen LogP contribution in [0.4, 0.5) is 0 Å². The number of phenolic OH excluding ortho intramolecular Hbond substituents is 1. The Morgan fingerprint density at radius 2 is 1.89 bits per heavy atom. The van der Waals surface area contributed by atoms with E-state index >= 15 is 0 Å². The third-order valence-electron chi connectivity index (χ3n) is 3.19. The molecule has 0 radical (unpaired) electrons. The van der Waals surface area contributed by atoms with Crippen molar-refractivity contribution in [2.45, 2.75) is 19.5 Å². The van der Waals surface area contributed by atoms with Gasteiger partial charge in [-0.3, -0.25) is 0 Å². The molecule has 0 saturated carbocycles. The van der Waals surface area contributed by atoms with Gasteiger partial charge in [-0.1, -0.05) is 36.4 Å². The highest BCUT2D eigenvalue weighted by atomic mass is 16.5. The van der Waals surface area contributed by atoms with E-state index in [-0.39, 0.29) is 11.8 Å². The van der Waals surface area contributed by atoms with Crippen LogP contribution in [0.25, 0.3) is 0 Å². The summed E-state index contributed by atoms with van der Waals surface area (Å²) < 4.78 is 5.06. The predicted octanol–water partition coefficient (Wildman–Crippen LogP) is 3.25. The monoisotopic (exact) mass is 257 g/mol. The highest BCUT2D eigenvalue weighted by Gasteiger charge is 2.07. The van der Waals surface area contributed by atoms with Gasteiger partial charge in [-0.2, -0.15) is 0 Å². The normalized spacial score (nSPS) is 12.1. The third kappa shape index (κ3) is 3.48. The van der Waals surface area contributed by atoms with Gasteiger partial charge in [0.15, 0.2) is 0 Å². The van der Waals surface area contributed by atoms with E-state index in [1.54, 1.807) is 13.2 Å². The van der Waals surface area contributed by atoms with Crippen LogP contribution in [0, 0.1) is 0 Å². The van der Waals surface area contributed by atoms with Crippen molar-refractivity contribution in [3.05, 3.63) is 59.7 Å². The van der Waals surface area contributed by atoms with Crippen LogP contribution in [-0.2, 0) is 6.54 Å². The fourth-order valence-electron chi connectivity index (χ4n) is 1.94. The Kier molecular flexibility index (Phi) is 4.42. The zero-order valence-electron chi connectivity index (χ0n) is 11.3. The van der Waals surface area contributed by atoms with Gasteiger partial charge in [0, 0.05) is 24.2 Å². The van der Waals surface area contributed by atoms with E-state index in [1.807, 2.05) is 30.3 Å². The number of rotatable bonds is 5. The van der Waals surface area contributed by atoms with E-state index in [1.165, 1.54) is 5.56 Å². The molecule has 0 fully saturated rings. The molecule has 2 N–H and O–H groups in total. The van der Waals surface area contributed by atoms with Gasteiger partial charge in [0.1, 0.15) is 11.5 Å². The number of ether oxygens (including phenoxy) is 1. The van der Waals surface area contributed by atoms with E-state index in [9.17, 15) is 5.11 Å². The van der Waals surface area contributed by atoms with Crippen molar-refractivity contribution >= 4 is 0 Å². The molecular weight excluding hydrogens is 238 g/mol. The highest BCUT2D eigenvalue weighted by Crippen LogP contribution is 2.24. The first kappa shape index (κ1) is 13.4. The van der Waals surface area contributed by atoms with Crippen LogP contribution >= 0.6 is 0 Å². The molecule has 2 rings (SSSR count). The van der Waals surface area contributed by atoms with E-state index in [0.717, 1.165) is 5.56 Å². The van der Waals surface area contributed by atoms with Gasteiger partial charge < -0.3 is 15.2 Å². The van der Waals surface area contributed by atoms with Gasteiger partial charge in [-0.25, -0.2) is 0 Å². The summed E-state index contributed by atoms with van der Waals surface area (Å²) in [5.41, 5.74) is 2.10. The summed E-state index contributed by atoms with van der Waals surface area (Å²) >= 11 is 0.